The van der Waals surface area contributed by atoms with Crippen molar-refractivity contribution < 1.29 is 0 Å². The second kappa shape index (κ2) is 40.5. The molecule has 0 aromatic heterocycles. The van der Waals surface area contributed by atoms with Gasteiger partial charge in [0, 0.05) is 82.7 Å². The van der Waals surface area contributed by atoms with Crippen LogP contribution in [0.5, 0.6) is 0 Å². The normalized spacial score (nSPS) is 14.8. The van der Waals surface area contributed by atoms with E-state index in [1.165, 1.54) is 190 Å². The highest BCUT2D eigenvalue weighted by atomic mass is 32.2. The maximum Gasteiger partial charge on any atom is 0.0601 e. The van der Waals surface area contributed by atoms with Crippen molar-refractivity contribution in [2.45, 2.75) is 225 Å². The molecule has 0 atom stereocenters. The van der Waals surface area contributed by atoms with E-state index in [0.29, 0.717) is 35.6 Å². The minimum atomic E-state index is -0.0158. The molecule has 0 saturated heterocycles. The van der Waals surface area contributed by atoms with Crippen molar-refractivity contribution in [3.63, 3.8) is 0 Å². The Labute approximate surface area is 852 Å². The minimum Gasteiger partial charge on any atom is -0.338 e. The number of benzene rings is 17. The van der Waals surface area contributed by atoms with Gasteiger partial charge in [-0.25, -0.2) is 0 Å². The third kappa shape index (κ3) is 18.5. The second-order valence-corrected chi connectivity index (χ2v) is 44.2. The summed E-state index contributed by atoms with van der Waals surface area (Å²) in [5.74, 6) is 2.55. The van der Waals surface area contributed by atoms with Crippen molar-refractivity contribution >= 4 is 108 Å². The molecule has 23 rings (SSSR count). The molecular formula is C135H140N6S. The zero-order valence-electron chi connectivity index (χ0n) is 87.3. The van der Waals surface area contributed by atoms with Crippen molar-refractivity contribution in [2.75, 3.05) is 29.4 Å². The first-order chi connectivity index (χ1) is 68.3. The fourth-order valence-electron chi connectivity index (χ4n) is 22.5. The number of nitrogens with zero attached hydrogens (tertiary/aromatic N) is 6. The Bertz CT molecular complexity index is 7170. The summed E-state index contributed by atoms with van der Waals surface area (Å²) in [7, 11) is 0. The van der Waals surface area contributed by atoms with E-state index in [2.05, 4.69) is 594 Å². The number of hydrogen-bond acceptors (Lipinski definition) is 7. The summed E-state index contributed by atoms with van der Waals surface area (Å²) in [6, 6.07) is 150. The molecule has 17 aromatic rings. The van der Waals surface area contributed by atoms with Gasteiger partial charge >= 0.3 is 0 Å². The van der Waals surface area contributed by atoms with Gasteiger partial charge in [-0.05, 0) is 266 Å². The van der Waals surface area contributed by atoms with Gasteiger partial charge in [-0.3, -0.25) is 0 Å². The molecule has 6 aliphatic rings. The average Bonchev–Trinajstić information content (AvgIpc) is 0.753. The van der Waals surface area contributed by atoms with Crippen molar-refractivity contribution in [3.8, 4) is 0 Å². The van der Waals surface area contributed by atoms with E-state index < -0.39 is 0 Å². The molecule has 0 bridgehead atoms. The van der Waals surface area contributed by atoms with Crippen LogP contribution in [0.4, 0.5) is 96.7 Å². The van der Waals surface area contributed by atoms with Crippen LogP contribution in [-0.2, 0) is 27.1 Å². The fourth-order valence-corrected chi connectivity index (χ4v) is 23.5. The lowest BCUT2D eigenvalue weighted by Gasteiger charge is -2.43. The highest BCUT2D eigenvalue weighted by Crippen LogP contribution is 2.60. The molecule has 17 aromatic carbocycles. The lowest BCUT2D eigenvalue weighted by Crippen LogP contribution is -2.36. The molecule has 0 unspecified atom stereocenters. The van der Waals surface area contributed by atoms with Crippen molar-refractivity contribution in [1.82, 2.24) is 0 Å². The topological polar surface area (TPSA) is 19.4 Å². The third-order valence-corrected chi connectivity index (χ3v) is 31.2. The molecule has 7 heteroatoms. The molecule has 6 nitrogen and oxygen atoms in total. The van der Waals surface area contributed by atoms with E-state index in [-0.39, 0.29) is 27.1 Å². The van der Waals surface area contributed by atoms with Crippen LogP contribution >= 0.6 is 11.8 Å². The van der Waals surface area contributed by atoms with Crippen LogP contribution in [0.3, 0.4) is 0 Å². The molecule has 0 amide bonds. The summed E-state index contributed by atoms with van der Waals surface area (Å²) in [5, 5.41) is 0. The first-order valence-electron chi connectivity index (χ1n) is 51.4. The Morgan fingerprint density at radius 1 is 0.183 bits per heavy atom. The predicted molar refractivity (Wildman–Crippen MR) is 611 cm³/mol. The zero-order valence-corrected chi connectivity index (χ0v) is 88.1. The van der Waals surface area contributed by atoms with Gasteiger partial charge in [0.2, 0.25) is 0 Å². The number of para-hydroxylation sites is 13. The van der Waals surface area contributed by atoms with Gasteiger partial charge in [0.25, 0.3) is 0 Å². The van der Waals surface area contributed by atoms with Gasteiger partial charge in [-0.1, -0.05) is 423 Å². The van der Waals surface area contributed by atoms with E-state index in [1.807, 2.05) is 11.8 Å². The van der Waals surface area contributed by atoms with E-state index >= 15 is 0 Å². The predicted octanol–water partition coefficient (Wildman–Crippen LogP) is 39.3. The van der Waals surface area contributed by atoms with Gasteiger partial charge < -0.3 is 29.4 Å². The Morgan fingerprint density at radius 2 is 0.465 bits per heavy atom. The number of anilines is 17. The zero-order chi connectivity index (χ0) is 99.8. The Kier molecular flexibility index (Phi) is 28.0. The van der Waals surface area contributed by atoms with Crippen LogP contribution in [0, 0.1) is 0 Å². The number of rotatable bonds is 11. The largest absolute Gasteiger partial charge is 0.338 e. The van der Waals surface area contributed by atoms with Crippen molar-refractivity contribution in [3.05, 3.63) is 496 Å². The van der Waals surface area contributed by atoms with Crippen LogP contribution in [0.25, 0.3) is 0 Å². The lowest BCUT2D eigenvalue weighted by atomic mass is 9.70. The molecule has 0 fully saturated rings. The summed E-state index contributed by atoms with van der Waals surface area (Å²) in [5.41, 5.74) is 42.8. The SMILES string of the molecule is CC(C)N1c2ccccc2C(C)(C)c2ccccc21.CC(C)c1ccc2c(c1)C(C)(C)c1ccccc1N2c1ccccc1.CC(C)c1ccc2c(c1)N(c1ccccc1)c1ccccc1C2(C)C.CC(C)c1cccc(N2c3ccccc3Sc3ccccc32)c1.CC(C)c1cccc2c1C(C)(C)c1ccccc1N2c1ccccc1.CC(C)c1cccc2c1N(c1ccccc1)c1ccccc1C2(C)C. The highest BCUT2D eigenvalue weighted by molar-refractivity contribution is 7.99. The summed E-state index contributed by atoms with van der Waals surface area (Å²) in [4.78, 5) is 17.1. The van der Waals surface area contributed by atoms with Crippen molar-refractivity contribution in [2.24, 2.45) is 0 Å². The second-order valence-electron chi connectivity index (χ2n) is 43.2. The molecular weight excluding hydrogens is 1740 g/mol. The van der Waals surface area contributed by atoms with Crippen LogP contribution in [0.2, 0.25) is 0 Å². The van der Waals surface area contributed by atoms with Crippen LogP contribution in [-0.4, -0.2) is 6.04 Å². The quantitative estimate of drug-likeness (QED) is 0.127. The Hall–Kier alpha value is -14.1. The van der Waals surface area contributed by atoms with E-state index in [9.17, 15) is 0 Å². The van der Waals surface area contributed by atoms with Gasteiger partial charge in [0.05, 0.1) is 56.9 Å². The summed E-state index contributed by atoms with van der Waals surface area (Å²) in [6.07, 6.45) is 0. The Balaban J connectivity index is 0.000000113. The molecule has 6 heterocycles. The molecule has 0 radical (unpaired) electrons. The van der Waals surface area contributed by atoms with E-state index in [4.69, 9.17) is 0 Å². The third-order valence-electron chi connectivity index (χ3n) is 30.1. The standard InChI is InChI=1S/4C24H25N.C21H19NS.C18H21N/c1-17(2)19-13-10-15-21-23(19)25(18-11-6-5-7-12-18)22-16-9-8-14-20(22)24(21,3)4;1-17(2)19-13-10-16-22-23(19)24(3,4)20-14-8-9-15-21(20)25(22)18-11-6-5-7-12-18;1-17(2)18-14-15-23-21(16-18)24(3,4)20-12-8-9-13-22(20)25(23)19-10-6-5-7-11-19;1-17(2)18-14-15-21-23(16-18)25(19-10-6-5-7-11-19)22-13-9-8-12-20(22)24(21,3)4;1-15(2)16-8-7-9-17(14-16)22-18-10-3-5-12-20(18)23-21-13-6-4-11-19(21)22;1-13(2)19-16-11-7-5-9-14(16)18(3,4)15-10-6-8-12-17(15)19/h4*5-17H,1-4H3;3-15H,1-2H3;5-13H,1-4H3. The molecule has 0 aliphatic carbocycles. The van der Waals surface area contributed by atoms with Crippen LogP contribution in [0.1, 0.15) is 265 Å². The van der Waals surface area contributed by atoms with Gasteiger partial charge in [0.1, 0.15) is 0 Å². The average molecular weight is 1880 g/mol. The first-order valence-corrected chi connectivity index (χ1v) is 52.2. The molecule has 0 saturated carbocycles. The lowest BCUT2D eigenvalue weighted by molar-refractivity contribution is 0.613. The smallest absolute Gasteiger partial charge is 0.0601 e. The molecule has 142 heavy (non-hydrogen) atoms. The Morgan fingerprint density at radius 3 is 0.901 bits per heavy atom. The summed E-state index contributed by atoms with van der Waals surface area (Å²) >= 11 is 1.85. The molecule has 0 spiro atoms. The minimum absolute atomic E-state index is 0.00723. The fraction of sp³-hybridized carbons (Fsp3) is 0.244. The maximum atomic E-state index is 2.45. The maximum absolute atomic E-state index is 2.45. The monoisotopic (exact) mass is 1880 g/mol. The van der Waals surface area contributed by atoms with Crippen LogP contribution < -0.4 is 29.4 Å². The van der Waals surface area contributed by atoms with Gasteiger partial charge in [-0.15, -0.1) is 0 Å². The number of hydrogen-bond donors (Lipinski definition) is 0. The summed E-state index contributed by atoms with van der Waals surface area (Å²) < 4.78 is 0. The molecule has 0 N–H and O–H groups in total. The molecule has 716 valence electrons. The molecule has 6 aliphatic heterocycles. The van der Waals surface area contributed by atoms with Crippen LogP contribution in [0.15, 0.2) is 422 Å². The van der Waals surface area contributed by atoms with Gasteiger partial charge in [0.15, 0.2) is 0 Å². The van der Waals surface area contributed by atoms with Crippen molar-refractivity contribution in [1.29, 1.82) is 0 Å². The first kappa shape index (κ1) is 98.1. The van der Waals surface area contributed by atoms with E-state index in [0.717, 1.165) is 0 Å². The summed E-state index contributed by atoms with van der Waals surface area (Å²) in [6.45, 7) is 50.6. The highest BCUT2D eigenvalue weighted by Gasteiger charge is 2.44. The van der Waals surface area contributed by atoms with E-state index in [1.54, 1.807) is 0 Å². The number of fused-ring (bicyclic) bond motifs is 12. The van der Waals surface area contributed by atoms with Gasteiger partial charge in [-0.2, -0.15) is 0 Å².